The fourth-order valence-corrected chi connectivity index (χ4v) is 3.95. The molecule has 3 heterocycles. The van der Waals surface area contributed by atoms with Gasteiger partial charge in [0.1, 0.15) is 24.8 Å². The summed E-state index contributed by atoms with van der Waals surface area (Å²) in [4.78, 5) is 38.1. The largest absolute Gasteiger partial charge is 0.462 e. The number of nitriles is 1. The third-order valence-corrected chi connectivity index (χ3v) is 6.36. The summed E-state index contributed by atoms with van der Waals surface area (Å²) < 4.78 is 24.6. The first-order chi connectivity index (χ1) is 17.8. The molecular weight excluding hydrogens is 494 g/mol. The van der Waals surface area contributed by atoms with E-state index < -0.39 is 66.3 Å². The number of nitrogens with two attached hydrogens (primary N) is 2. The minimum atomic E-state index is -1.99. The van der Waals surface area contributed by atoms with Crippen LogP contribution in [0.3, 0.4) is 0 Å². The first-order valence-electron chi connectivity index (χ1n) is 12.5. The minimum absolute atomic E-state index is 0.192. The van der Waals surface area contributed by atoms with Gasteiger partial charge in [-0.25, -0.2) is 4.52 Å². The van der Waals surface area contributed by atoms with Crippen LogP contribution in [0.25, 0.3) is 5.52 Å². The summed E-state index contributed by atoms with van der Waals surface area (Å²) in [6.07, 6.45) is -2.43. The van der Waals surface area contributed by atoms with Crippen molar-refractivity contribution in [2.45, 2.75) is 71.5 Å². The molecule has 2 aromatic rings. The van der Waals surface area contributed by atoms with Crippen LogP contribution >= 0.6 is 0 Å². The monoisotopic (exact) mass is 529 g/mol. The molecule has 5 atom stereocenters. The van der Waals surface area contributed by atoms with Gasteiger partial charge in [-0.2, -0.15) is 10.4 Å². The Morgan fingerprint density at radius 1 is 1.08 bits per heavy atom. The van der Waals surface area contributed by atoms with Crippen molar-refractivity contribution in [3.8, 4) is 6.07 Å². The van der Waals surface area contributed by atoms with Crippen LogP contribution in [0, 0.1) is 29.1 Å². The van der Waals surface area contributed by atoms with Gasteiger partial charge in [0.15, 0.2) is 12.2 Å². The number of anilines is 1. The average Bonchev–Trinajstić information content (AvgIpc) is 3.43. The summed E-state index contributed by atoms with van der Waals surface area (Å²) in [7, 11) is 0. The Morgan fingerprint density at radius 3 is 2.29 bits per heavy atom. The summed E-state index contributed by atoms with van der Waals surface area (Å²) in [5, 5.41) is 14.8. The molecule has 0 amide bonds. The van der Waals surface area contributed by atoms with E-state index in [9.17, 15) is 19.6 Å². The van der Waals surface area contributed by atoms with Crippen molar-refractivity contribution >= 4 is 29.1 Å². The lowest BCUT2D eigenvalue weighted by Crippen LogP contribution is -2.47. The molecule has 0 spiro atoms. The van der Waals surface area contributed by atoms with E-state index in [-0.39, 0.29) is 11.6 Å². The lowest BCUT2D eigenvalue weighted by molar-refractivity contribution is -0.173. The average molecular weight is 530 g/mol. The normalized spacial score (nSPS) is 24.0. The molecule has 0 aromatic carbocycles. The molecule has 1 aliphatic rings. The fraction of sp³-hybridized carbons (Fsp3) is 0.577. The van der Waals surface area contributed by atoms with Crippen LogP contribution in [-0.2, 0) is 38.9 Å². The van der Waals surface area contributed by atoms with Crippen molar-refractivity contribution < 1.29 is 33.3 Å². The van der Waals surface area contributed by atoms with E-state index in [4.69, 9.17) is 30.4 Å². The quantitative estimate of drug-likeness (QED) is 0.356. The summed E-state index contributed by atoms with van der Waals surface area (Å²) in [5.41, 5.74) is 11.1. The summed E-state index contributed by atoms with van der Waals surface area (Å²) >= 11 is 0. The Kier molecular flexibility index (Phi) is 8.64. The number of fused-ring (bicyclic) bond motifs is 1. The van der Waals surface area contributed by atoms with Crippen molar-refractivity contribution in [3.63, 3.8) is 0 Å². The number of nitrogen functional groups attached to an aromatic ring is 1. The molecule has 38 heavy (non-hydrogen) atoms. The van der Waals surface area contributed by atoms with Crippen LogP contribution in [0.5, 0.6) is 0 Å². The van der Waals surface area contributed by atoms with Crippen LogP contribution in [0.4, 0.5) is 5.69 Å². The van der Waals surface area contributed by atoms with Crippen LogP contribution < -0.4 is 11.5 Å². The Bertz CT molecular complexity index is 1230. The van der Waals surface area contributed by atoms with Crippen molar-refractivity contribution in [3.05, 3.63) is 30.1 Å². The van der Waals surface area contributed by atoms with Gasteiger partial charge in [-0.05, 0) is 24.1 Å². The highest BCUT2D eigenvalue weighted by atomic mass is 16.7. The number of nitrogens with zero attached hydrogens (tertiary/aromatic N) is 3. The molecule has 4 N–H and O–H groups in total. The second kappa shape index (κ2) is 11.4. The van der Waals surface area contributed by atoms with E-state index in [0.29, 0.717) is 11.2 Å². The number of ether oxygens (including phenoxy) is 4. The van der Waals surface area contributed by atoms with E-state index in [1.807, 2.05) is 0 Å². The molecule has 0 saturated carbocycles. The van der Waals surface area contributed by atoms with Crippen molar-refractivity contribution in [2.24, 2.45) is 23.5 Å². The van der Waals surface area contributed by atoms with E-state index in [1.165, 1.54) is 10.7 Å². The predicted octanol–water partition coefficient (Wildman–Crippen LogP) is 1.70. The van der Waals surface area contributed by atoms with Gasteiger partial charge in [0.25, 0.3) is 0 Å². The number of carbonyl (C=O) groups excluding carboxylic acids is 3. The first kappa shape index (κ1) is 28.9. The molecule has 1 saturated heterocycles. The van der Waals surface area contributed by atoms with E-state index in [2.05, 4.69) is 11.2 Å². The maximum atomic E-state index is 12.8. The van der Waals surface area contributed by atoms with Gasteiger partial charge in [0, 0.05) is 6.20 Å². The predicted molar refractivity (Wildman–Crippen MR) is 135 cm³/mol. The standard InChI is InChI=1S/C26H35N5O7/c1-13(2)20(29)25(34)35-11-18-21(36-23(32)14(3)4)22(37-24(33)15(5)6)26(12-27,38-18)19-8-7-17-16(28)9-10-30-31(17)19/h7-10,13-15,18,20-22H,11,28-29H2,1-6H3/t18-,20+,21-,22-,26+/m1/s1. The summed E-state index contributed by atoms with van der Waals surface area (Å²) in [5.74, 6) is -3.24. The topological polar surface area (TPSA) is 181 Å². The highest BCUT2D eigenvalue weighted by molar-refractivity contribution is 5.76. The molecule has 12 heteroatoms. The molecule has 0 unspecified atom stereocenters. The van der Waals surface area contributed by atoms with E-state index >= 15 is 0 Å². The summed E-state index contributed by atoms with van der Waals surface area (Å²) in [6, 6.07) is 6.03. The third kappa shape index (κ3) is 5.44. The lowest BCUT2D eigenvalue weighted by Gasteiger charge is -2.29. The molecule has 206 valence electrons. The van der Waals surface area contributed by atoms with E-state index in [1.54, 1.807) is 59.7 Å². The van der Waals surface area contributed by atoms with Crippen LogP contribution in [0.2, 0.25) is 0 Å². The number of hydrogen-bond acceptors (Lipinski definition) is 11. The van der Waals surface area contributed by atoms with Gasteiger partial charge in [-0.1, -0.05) is 41.5 Å². The third-order valence-electron chi connectivity index (χ3n) is 6.36. The van der Waals surface area contributed by atoms with Crippen molar-refractivity contribution in [1.82, 2.24) is 9.61 Å². The van der Waals surface area contributed by atoms with Gasteiger partial charge in [-0.3, -0.25) is 14.4 Å². The molecule has 1 fully saturated rings. The molecule has 1 aliphatic heterocycles. The fourth-order valence-electron chi connectivity index (χ4n) is 3.95. The number of esters is 3. The first-order valence-corrected chi connectivity index (χ1v) is 12.5. The molecule has 0 bridgehead atoms. The number of aromatic nitrogens is 2. The van der Waals surface area contributed by atoms with Crippen molar-refractivity contribution in [2.75, 3.05) is 12.3 Å². The highest BCUT2D eigenvalue weighted by Gasteiger charge is 2.63. The van der Waals surface area contributed by atoms with Crippen LogP contribution in [-0.4, -0.2) is 58.5 Å². The van der Waals surface area contributed by atoms with Gasteiger partial charge in [-0.15, -0.1) is 0 Å². The van der Waals surface area contributed by atoms with Gasteiger partial charge >= 0.3 is 17.9 Å². The summed E-state index contributed by atoms with van der Waals surface area (Å²) in [6.45, 7) is 9.65. The van der Waals surface area contributed by atoms with Crippen LogP contribution in [0.15, 0.2) is 24.4 Å². The number of carbonyl (C=O) groups is 3. The SMILES string of the molecule is CC(C)C(=O)O[C@H]1[C@@H](OC(=O)C(C)C)[C@](C#N)(c2ccc3c(N)ccnn23)O[C@@H]1COC(=O)[C@@H](N)C(C)C. The Labute approximate surface area is 221 Å². The maximum Gasteiger partial charge on any atom is 0.323 e. The Hall–Kier alpha value is -3.69. The number of hydrogen-bond donors (Lipinski definition) is 2. The molecule has 0 radical (unpaired) electrons. The second-order valence-electron chi connectivity index (χ2n) is 10.3. The molecule has 3 rings (SSSR count). The lowest BCUT2D eigenvalue weighted by atomic mass is 9.91. The minimum Gasteiger partial charge on any atom is -0.462 e. The van der Waals surface area contributed by atoms with Crippen LogP contribution in [0.1, 0.15) is 47.2 Å². The zero-order chi connectivity index (χ0) is 28.4. The zero-order valence-corrected chi connectivity index (χ0v) is 22.4. The van der Waals surface area contributed by atoms with Gasteiger partial charge in [0.2, 0.25) is 5.60 Å². The zero-order valence-electron chi connectivity index (χ0n) is 22.4. The number of rotatable bonds is 9. The maximum absolute atomic E-state index is 12.8. The Balaban J connectivity index is 2.13. The Morgan fingerprint density at radius 2 is 1.71 bits per heavy atom. The molecule has 2 aromatic heterocycles. The molecule has 0 aliphatic carbocycles. The van der Waals surface area contributed by atoms with Gasteiger partial charge < -0.3 is 30.4 Å². The second-order valence-corrected chi connectivity index (χ2v) is 10.3. The smallest absolute Gasteiger partial charge is 0.323 e. The molecule has 12 nitrogen and oxygen atoms in total. The van der Waals surface area contributed by atoms with Gasteiger partial charge in [0.05, 0.1) is 28.7 Å². The highest BCUT2D eigenvalue weighted by Crippen LogP contribution is 2.44. The van der Waals surface area contributed by atoms with E-state index in [0.717, 1.165) is 0 Å². The molecular formula is C26H35N5O7. The van der Waals surface area contributed by atoms with Crippen molar-refractivity contribution in [1.29, 1.82) is 5.26 Å².